The van der Waals surface area contributed by atoms with Gasteiger partial charge in [0.25, 0.3) is 0 Å². The third kappa shape index (κ3) is 5.80. The first-order chi connectivity index (χ1) is 13.0. The lowest BCUT2D eigenvalue weighted by atomic mass is 9.89. The minimum Gasteiger partial charge on any atom is -0.370 e. The van der Waals surface area contributed by atoms with Crippen molar-refractivity contribution in [1.82, 2.24) is 10.2 Å². The van der Waals surface area contributed by atoms with E-state index in [1.165, 1.54) is 36.0 Å². The molecular weight excluding hydrogens is 338 g/mol. The van der Waals surface area contributed by atoms with Gasteiger partial charge in [0.1, 0.15) is 0 Å². The maximum Gasteiger partial charge on any atom is 0.234 e. The summed E-state index contributed by atoms with van der Waals surface area (Å²) in [6.45, 7) is 4.33. The highest BCUT2D eigenvalue weighted by atomic mass is 16.2. The Morgan fingerprint density at radius 3 is 2.78 bits per heavy atom. The summed E-state index contributed by atoms with van der Waals surface area (Å²) in [5, 5.41) is 3.16. The molecule has 1 saturated heterocycles. The summed E-state index contributed by atoms with van der Waals surface area (Å²) in [7, 11) is 0. The molecule has 5 heteroatoms. The van der Waals surface area contributed by atoms with Crippen molar-refractivity contribution in [3.8, 4) is 0 Å². The fourth-order valence-corrected chi connectivity index (χ4v) is 4.47. The van der Waals surface area contributed by atoms with E-state index in [0.717, 1.165) is 38.8 Å². The van der Waals surface area contributed by atoms with Crippen LogP contribution in [-0.4, -0.2) is 36.3 Å². The highest BCUT2D eigenvalue weighted by Gasteiger charge is 2.22. The predicted molar refractivity (Wildman–Crippen MR) is 107 cm³/mol. The first-order valence-corrected chi connectivity index (χ1v) is 10.4. The lowest BCUT2D eigenvalue weighted by molar-refractivity contribution is -0.123. The van der Waals surface area contributed by atoms with E-state index in [0.29, 0.717) is 18.9 Å². The van der Waals surface area contributed by atoms with Crippen LogP contribution in [0.5, 0.6) is 0 Å². The van der Waals surface area contributed by atoms with Crippen LogP contribution in [-0.2, 0) is 22.4 Å². The van der Waals surface area contributed by atoms with Crippen molar-refractivity contribution in [3.63, 3.8) is 0 Å². The third-order valence-corrected chi connectivity index (χ3v) is 6.02. The summed E-state index contributed by atoms with van der Waals surface area (Å²) >= 11 is 0. The van der Waals surface area contributed by atoms with Gasteiger partial charge < -0.3 is 11.1 Å². The molecule has 2 unspecified atom stereocenters. The average Bonchev–Trinajstić information content (AvgIpc) is 2.66. The quantitative estimate of drug-likeness (QED) is 0.774. The number of aryl methyl sites for hydroxylation is 2. The number of nitrogens with zero attached hydrogens (tertiary/aromatic N) is 1. The zero-order valence-electron chi connectivity index (χ0n) is 16.5. The summed E-state index contributed by atoms with van der Waals surface area (Å²) in [6, 6.07) is 6.71. The van der Waals surface area contributed by atoms with E-state index in [-0.39, 0.29) is 17.9 Å². The molecule has 0 bridgehead atoms. The molecule has 1 aromatic rings. The maximum atomic E-state index is 12.5. The number of carbonyl (C=O) groups excluding carboxylic acids is 2. The van der Waals surface area contributed by atoms with E-state index in [4.69, 9.17) is 5.73 Å². The van der Waals surface area contributed by atoms with Crippen LogP contribution in [0.15, 0.2) is 18.2 Å². The third-order valence-electron chi connectivity index (χ3n) is 6.02. The van der Waals surface area contributed by atoms with Gasteiger partial charge >= 0.3 is 0 Å². The number of primary amides is 1. The van der Waals surface area contributed by atoms with Crippen molar-refractivity contribution in [2.45, 2.75) is 64.3 Å². The van der Waals surface area contributed by atoms with Crippen molar-refractivity contribution in [2.24, 2.45) is 11.7 Å². The molecule has 148 valence electrons. The van der Waals surface area contributed by atoms with Crippen LogP contribution in [0, 0.1) is 5.92 Å². The number of amides is 2. The van der Waals surface area contributed by atoms with Crippen LogP contribution in [0.25, 0.3) is 0 Å². The van der Waals surface area contributed by atoms with E-state index in [9.17, 15) is 9.59 Å². The topological polar surface area (TPSA) is 75.4 Å². The Balaban J connectivity index is 1.49. The highest BCUT2D eigenvalue weighted by Crippen LogP contribution is 2.25. The molecule has 1 fully saturated rings. The van der Waals surface area contributed by atoms with E-state index in [1.807, 2.05) is 0 Å². The second-order valence-corrected chi connectivity index (χ2v) is 8.27. The summed E-state index contributed by atoms with van der Waals surface area (Å²) < 4.78 is 0. The minimum absolute atomic E-state index is 0.0279. The molecule has 0 aromatic heterocycles. The lowest BCUT2D eigenvalue weighted by Crippen LogP contribution is -2.43. The number of nitrogens with one attached hydrogen (secondary N) is 1. The molecule has 5 nitrogen and oxygen atoms in total. The largest absolute Gasteiger partial charge is 0.370 e. The Hall–Kier alpha value is -1.88. The van der Waals surface area contributed by atoms with Gasteiger partial charge in [0.15, 0.2) is 0 Å². The minimum atomic E-state index is -0.233. The smallest absolute Gasteiger partial charge is 0.234 e. The van der Waals surface area contributed by atoms with Gasteiger partial charge in [0, 0.05) is 13.0 Å². The Labute approximate surface area is 162 Å². The number of hydrogen-bond donors (Lipinski definition) is 2. The van der Waals surface area contributed by atoms with Crippen LogP contribution in [0.2, 0.25) is 0 Å². The molecular formula is C22H33N3O2. The van der Waals surface area contributed by atoms with Crippen LogP contribution >= 0.6 is 0 Å². The number of hydrogen-bond acceptors (Lipinski definition) is 3. The zero-order valence-corrected chi connectivity index (χ0v) is 16.5. The van der Waals surface area contributed by atoms with Crippen LogP contribution < -0.4 is 11.1 Å². The summed E-state index contributed by atoms with van der Waals surface area (Å²) in [5.74, 6) is 0.316. The van der Waals surface area contributed by atoms with Crippen molar-refractivity contribution in [2.75, 3.05) is 19.6 Å². The van der Waals surface area contributed by atoms with E-state index >= 15 is 0 Å². The van der Waals surface area contributed by atoms with Gasteiger partial charge in [-0.3, -0.25) is 14.5 Å². The molecule has 1 aliphatic carbocycles. The molecule has 2 amide bonds. The fourth-order valence-electron chi connectivity index (χ4n) is 4.47. The number of rotatable bonds is 7. The number of piperidine rings is 1. The fraction of sp³-hybridized carbons (Fsp3) is 0.636. The molecule has 0 spiro atoms. The number of fused-ring (bicyclic) bond motifs is 1. The number of benzene rings is 1. The molecule has 0 radical (unpaired) electrons. The van der Waals surface area contributed by atoms with Crippen molar-refractivity contribution >= 4 is 11.8 Å². The second-order valence-electron chi connectivity index (χ2n) is 8.27. The van der Waals surface area contributed by atoms with E-state index in [1.54, 1.807) is 0 Å². The zero-order chi connectivity index (χ0) is 19.2. The van der Waals surface area contributed by atoms with Gasteiger partial charge in [-0.2, -0.15) is 0 Å². The van der Waals surface area contributed by atoms with E-state index < -0.39 is 0 Å². The van der Waals surface area contributed by atoms with Crippen molar-refractivity contribution in [1.29, 1.82) is 0 Å². The van der Waals surface area contributed by atoms with Gasteiger partial charge in [-0.05, 0) is 81.0 Å². The van der Waals surface area contributed by atoms with Gasteiger partial charge in [-0.25, -0.2) is 0 Å². The molecule has 1 heterocycles. The second kappa shape index (κ2) is 9.36. The lowest BCUT2D eigenvalue weighted by Gasteiger charge is -2.32. The first-order valence-electron chi connectivity index (χ1n) is 10.4. The van der Waals surface area contributed by atoms with Gasteiger partial charge in [0.2, 0.25) is 11.8 Å². The molecule has 27 heavy (non-hydrogen) atoms. The van der Waals surface area contributed by atoms with Crippen LogP contribution in [0.1, 0.15) is 68.2 Å². The Bertz CT molecular complexity index is 674. The number of carbonyl (C=O) groups is 2. The summed E-state index contributed by atoms with van der Waals surface area (Å²) in [4.78, 5) is 25.7. The van der Waals surface area contributed by atoms with Gasteiger partial charge in [-0.15, -0.1) is 0 Å². The Morgan fingerprint density at radius 2 is 2.00 bits per heavy atom. The normalized spacial score (nSPS) is 21.3. The summed E-state index contributed by atoms with van der Waals surface area (Å²) in [5.41, 5.74) is 9.38. The molecule has 0 saturated carbocycles. The van der Waals surface area contributed by atoms with Crippen molar-refractivity contribution in [3.05, 3.63) is 34.9 Å². The van der Waals surface area contributed by atoms with Crippen LogP contribution in [0.4, 0.5) is 0 Å². The first kappa shape index (κ1) is 19.9. The monoisotopic (exact) mass is 371 g/mol. The van der Waals surface area contributed by atoms with E-state index in [2.05, 4.69) is 35.3 Å². The highest BCUT2D eigenvalue weighted by molar-refractivity contribution is 5.78. The van der Waals surface area contributed by atoms with Crippen molar-refractivity contribution < 1.29 is 9.59 Å². The van der Waals surface area contributed by atoms with Gasteiger partial charge in [-0.1, -0.05) is 18.2 Å². The SMILES string of the molecule is CC(NC(=O)CN1CCCC(CCC(N)=O)C1)c1ccc2c(c1)CCCC2. The molecule has 2 atom stereocenters. The average molecular weight is 372 g/mol. The van der Waals surface area contributed by atoms with Crippen LogP contribution in [0.3, 0.4) is 0 Å². The standard InChI is InChI=1S/C22H33N3O2/c1-16(19-10-9-18-6-2-3-7-20(18)13-19)24-22(27)15-25-12-4-5-17(14-25)8-11-21(23)26/h9-10,13,16-17H,2-8,11-12,14-15H2,1H3,(H2,23,26)(H,24,27). The van der Waals surface area contributed by atoms with Gasteiger partial charge in [0.05, 0.1) is 12.6 Å². The summed E-state index contributed by atoms with van der Waals surface area (Å²) in [6.07, 6.45) is 8.37. The maximum absolute atomic E-state index is 12.5. The Morgan fingerprint density at radius 1 is 1.22 bits per heavy atom. The number of nitrogens with two attached hydrogens (primary N) is 1. The molecule has 1 aliphatic heterocycles. The molecule has 3 rings (SSSR count). The molecule has 2 aliphatic rings. The molecule has 3 N–H and O–H groups in total. The molecule has 1 aromatic carbocycles. The predicted octanol–water partition coefficient (Wildman–Crippen LogP) is 2.72. The number of likely N-dealkylation sites (tertiary alicyclic amines) is 1. The Kier molecular flexibility index (Phi) is 6.89.